The summed E-state index contributed by atoms with van der Waals surface area (Å²) in [6.07, 6.45) is -3.31. The third kappa shape index (κ3) is 5.22. The number of hydrogen-bond acceptors (Lipinski definition) is 7. The highest BCUT2D eigenvalue weighted by Crippen LogP contribution is 2.36. The van der Waals surface area contributed by atoms with Gasteiger partial charge in [0.1, 0.15) is 5.82 Å². The highest BCUT2D eigenvalue weighted by Gasteiger charge is 2.36. The number of carbonyl (C=O) groups excluding carboxylic acids is 1. The summed E-state index contributed by atoms with van der Waals surface area (Å²) in [5.74, 6) is 0.281. The van der Waals surface area contributed by atoms with Crippen LogP contribution in [0.5, 0.6) is 0 Å². The van der Waals surface area contributed by atoms with Crippen molar-refractivity contribution in [2.24, 2.45) is 0 Å². The number of carbonyl (C=O) groups is 1. The van der Waals surface area contributed by atoms with Gasteiger partial charge in [0.2, 0.25) is 5.95 Å². The molecule has 1 fully saturated rings. The van der Waals surface area contributed by atoms with Gasteiger partial charge in [0.15, 0.2) is 0 Å². The summed E-state index contributed by atoms with van der Waals surface area (Å²) in [5, 5.41) is 14.2. The molecule has 0 aliphatic carbocycles. The molecule has 0 bridgehead atoms. The van der Waals surface area contributed by atoms with Gasteiger partial charge < -0.3 is 14.9 Å². The van der Waals surface area contributed by atoms with Gasteiger partial charge in [0.25, 0.3) is 11.5 Å². The van der Waals surface area contributed by atoms with Crippen molar-refractivity contribution in [3.05, 3.63) is 91.2 Å². The SMILES string of the molecule is Cc1cc(C)n(-c2nc3c(c(=O)n2-c2ccc(N4CC(O)C4)nc2)CC(C)N(C(=O)c2ccc(Br)c(C(F)(F)F)c2)C3)n1. The van der Waals surface area contributed by atoms with Crippen LogP contribution in [-0.2, 0) is 19.1 Å². The Labute approximate surface area is 252 Å². The van der Waals surface area contributed by atoms with Gasteiger partial charge in [-0.3, -0.25) is 9.59 Å². The van der Waals surface area contributed by atoms with Gasteiger partial charge in [-0.05, 0) is 63.6 Å². The van der Waals surface area contributed by atoms with Crippen LogP contribution in [-0.4, -0.2) is 65.5 Å². The van der Waals surface area contributed by atoms with E-state index in [0.29, 0.717) is 41.5 Å². The summed E-state index contributed by atoms with van der Waals surface area (Å²) >= 11 is 2.92. The van der Waals surface area contributed by atoms with E-state index in [2.05, 4.69) is 26.0 Å². The zero-order chi connectivity index (χ0) is 30.8. The predicted molar refractivity (Wildman–Crippen MR) is 155 cm³/mol. The molecule has 2 aliphatic heterocycles. The van der Waals surface area contributed by atoms with Crippen molar-refractivity contribution in [1.82, 2.24) is 29.2 Å². The van der Waals surface area contributed by atoms with Gasteiger partial charge in [-0.1, -0.05) is 15.9 Å². The van der Waals surface area contributed by atoms with E-state index in [-0.39, 0.29) is 34.5 Å². The highest BCUT2D eigenvalue weighted by molar-refractivity contribution is 9.10. The molecule has 10 nitrogen and oxygen atoms in total. The fourth-order valence-electron chi connectivity index (χ4n) is 5.51. The van der Waals surface area contributed by atoms with Crippen LogP contribution in [0, 0.1) is 13.8 Å². The third-order valence-electron chi connectivity index (χ3n) is 7.75. The summed E-state index contributed by atoms with van der Waals surface area (Å²) in [4.78, 5) is 40.3. The molecular formula is C29H27BrF3N7O3. The summed E-state index contributed by atoms with van der Waals surface area (Å²) < 4.78 is 43.5. The second-order valence-corrected chi connectivity index (χ2v) is 11.8. The third-order valence-corrected chi connectivity index (χ3v) is 8.44. The molecule has 14 heteroatoms. The minimum absolute atomic E-state index is 0.0659. The van der Waals surface area contributed by atoms with Crippen molar-refractivity contribution in [3.8, 4) is 11.6 Å². The van der Waals surface area contributed by atoms with Gasteiger partial charge in [-0.25, -0.2) is 19.2 Å². The minimum Gasteiger partial charge on any atom is -0.389 e. The number of nitrogens with zero attached hydrogens (tertiary/aromatic N) is 7. The van der Waals surface area contributed by atoms with Crippen molar-refractivity contribution < 1.29 is 23.1 Å². The Bertz CT molecular complexity index is 1800. The highest BCUT2D eigenvalue weighted by atomic mass is 79.9. The maximum absolute atomic E-state index is 14.1. The molecule has 0 radical (unpaired) electrons. The van der Waals surface area contributed by atoms with E-state index in [1.807, 2.05) is 24.8 Å². The number of pyridine rings is 1. The number of aliphatic hydroxyl groups excluding tert-OH is 1. The van der Waals surface area contributed by atoms with Crippen molar-refractivity contribution in [2.45, 2.75) is 52.1 Å². The molecule has 43 heavy (non-hydrogen) atoms. The molecule has 4 aromatic rings. The number of anilines is 1. The first-order chi connectivity index (χ1) is 20.3. The zero-order valence-corrected chi connectivity index (χ0v) is 25.0. The van der Waals surface area contributed by atoms with Crippen LogP contribution in [0.1, 0.15) is 45.5 Å². The maximum atomic E-state index is 14.1. The van der Waals surface area contributed by atoms with Crippen molar-refractivity contribution in [3.63, 3.8) is 0 Å². The van der Waals surface area contributed by atoms with E-state index in [9.17, 15) is 27.9 Å². The Morgan fingerprint density at radius 2 is 1.86 bits per heavy atom. The maximum Gasteiger partial charge on any atom is 0.417 e. The number of β-amino-alcohol motifs (C(OH)–C–C–N with tert-alkyl or cyclic N) is 1. The Hall–Kier alpha value is -4.04. The molecular weight excluding hydrogens is 631 g/mol. The second-order valence-electron chi connectivity index (χ2n) is 10.9. The van der Waals surface area contributed by atoms with Crippen molar-refractivity contribution >= 4 is 27.7 Å². The molecule has 6 rings (SSSR count). The van der Waals surface area contributed by atoms with Crippen LogP contribution in [0.25, 0.3) is 11.6 Å². The van der Waals surface area contributed by atoms with E-state index >= 15 is 0 Å². The number of aromatic nitrogens is 5. The number of alkyl halides is 3. The minimum atomic E-state index is -4.64. The number of halogens is 4. The summed E-state index contributed by atoms with van der Waals surface area (Å²) in [7, 11) is 0. The van der Waals surface area contributed by atoms with Gasteiger partial charge in [-0.15, -0.1) is 0 Å². The summed E-state index contributed by atoms with van der Waals surface area (Å²) in [6.45, 7) is 6.29. The lowest BCUT2D eigenvalue weighted by Crippen LogP contribution is -2.51. The van der Waals surface area contributed by atoms with E-state index in [1.165, 1.54) is 21.6 Å². The number of benzene rings is 1. The standard InChI is InChI=1S/C29H27BrF3N7O3/c1-15-8-17(3)40(36-15)28-35-24-14-38(26(42)18-4-6-23(30)22(10-18)29(31,32)33)16(2)9-21(24)27(43)39(28)19-5-7-25(34-11-19)37-12-20(41)13-37/h4-8,10-11,16,20,41H,9,12-14H2,1-3H3. The monoisotopic (exact) mass is 657 g/mol. The number of fused-ring (bicyclic) bond motifs is 1. The fraction of sp³-hybridized carbons (Fsp3) is 0.345. The average Bonchev–Trinajstić information content (AvgIpc) is 3.28. The fourth-order valence-corrected chi connectivity index (χ4v) is 5.98. The van der Waals surface area contributed by atoms with Gasteiger partial charge in [0, 0.05) is 40.4 Å². The molecule has 1 atom stereocenters. The van der Waals surface area contributed by atoms with Gasteiger partial charge in [0.05, 0.1) is 41.5 Å². The Morgan fingerprint density at radius 1 is 1.12 bits per heavy atom. The number of aryl methyl sites for hydroxylation is 2. The van der Waals surface area contributed by atoms with Crippen molar-refractivity contribution in [2.75, 3.05) is 18.0 Å². The van der Waals surface area contributed by atoms with Crippen LogP contribution < -0.4 is 10.5 Å². The van der Waals surface area contributed by atoms with E-state index in [4.69, 9.17) is 4.98 Å². The molecule has 1 N–H and O–H groups in total. The van der Waals surface area contributed by atoms with Crippen LogP contribution in [0.2, 0.25) is 0 Å². The molecule has 1 amide bonds. The van der Waals surface area contributed by atoms with Gasteiger partial charge >= 0.3 is 6.18 Å². The smallest absolute Gasteiger partial charge is 0.389 e. The molecule has 224 valence electrons. The lowest BCUT2D eigenvalue weighted by atomic mass is 9.98. The first-order valence-electron chi connectivity index (χ1n) is 13.6. The van der Waals surface area contributed by atoms with E-state index in [0.717, 1.165) is 11.8 Å². The quantitative estimate of drug-likeness (QED) is 0.354. The number of amides is 1. The lowest BCUT2D eigenvalue weighted by Gasteiger charge is -2.36. The van der Waals surface area contributed by atoms with Crippen LogP contribution in [0.15, 0.2) is 51.9 Å². The summed E-state index contributed by atoms with van der Waals surface area (Å²) in [5.41, 5.74) is 1.26. The average molecular weight is 658 g/mol. The Kier molecular flexibility index (Phi) is 7.16. The Morgan fingerprint density at radius 3 is 2.47 bits per heavy atom. The predicted octanol–water partition coefficient (Wildman–Crippen LogP) is 3.98. The largest absolute Gasteiger partial charge is 0.417 e. The molecule has 1 saturated heterocycles. The lowest BCUT2D eigenvalue weighted by molar-refractivity contribution is -0.138. The number of aliphatic hydroxyl groups is 1. The first-order valence-corrected chi connectivity index (χ1v) is 14.4. The number of hydrogen-bond donors (Lipinski definition) is 1. The van der Waals surface area contributed by atoms with Crippen LogP contribution in [0.3, 0.4) is 0 Å². The van der Waals surface area contributed by atoms with E-state index in [1.54, 1.807) is 29.9 Å². The first kappa shape index (κ1) is 29.1. The van der Waals surface area contributed by atoms with Crippen LogP contribution in [0.4, 0.5) is 19.0 Å². The van der Waals surface area contributed by atoms with Crippen LogP contribution >= 0.6 is 15.9 Å². The normalized spacial score (nSPS) is 17.2. The number of rotatable bonds is 4. The topological polar surface area (TPSA) is 109 Å². The summed E-state index contributed by atoms with van der Waals surface area (Å²) in [6, 6.07) is 8.27. The second kappa shape index (κ2) is 10.6. The molecule has 0 saturated carbocycles. The van der Waals surface area contributed by atoms with Crippen molar-refractivity contribution in [1.29, 1.82) is 0 Å². The molecule has 0 spiro atoms. The van der Waals surface area contributed by atoms with E-state index < -0.39 is 29.8 Å². The molecule has 5 heterocycles. The van der Waals surface area contributed by atoms with Gasteiger partial charge in [-0.2, -0.15) is 18.3 Å². The molecule has 3 aromatic heterocycles. The zero-order valence-electron chi connectivity index (χ0n) is 23.4. The molecule has 2 aliphatic rings. The molecule has 1 aromatic carbocycles. The Balaban J connectivity index is 1.42. The molecule has 1 unspecified atom stereocenters.